The van der Waals surface area contributed by atoms with Crippen LogP contribution in [0.4, 0.5) is 0 Å². The van der Waals surface area contributed by atoms with Gasteiger partial charge < -0.3 is 14.6 Å². The molecule has 0 aliphatic rings. The lowest BCUT2D eigenvalue weighted by Gasteiger charge is -2.10. The first kappa shape index (κ1) is 12.4. The van der Waals surface area contributed by atoms with Gasteiger partial charge in [0.1, 0.15) is 11.5 Å². The number of unbranched alkanes of at least 4 members (excludes halogenated alkanes) is 1. The van der Waals surface area contributed by atoms with Crippen LogP contribution in [0.3, 0.4) is 0 Å². The first-order valence-corrected chi connectivity index (χ1v) is 5.16. The summed E-state index contributed by atoms with van der Waals surface area (Å²) in [5.41, 5.74) is 0.722. The summed E-state index contributed by atoms with van der Waals surface area (Å²) < 4.78 is 10.6. The van der Waals surface area contributed by atoms with E-state index in [0.717, 1.165) is 12.0 Å². The Morgan fingerprint density at radius 3 is 2.88 bits per heavy atom. The minimum Gasteiger partial charge on any atom is -0.497 e. The number of benzene rings is 1. The van der Waals surface area contributed by atoms with Crippen LogP contribution < -0.4 is 9.47 Å². The number of aliphatic hydroxyl groups excluding tert-OH is 1. The standard InChI is InChI=1S/C13H16O3/c1-3-4-5-8-16-13-7-6-12(15-2)9-11(13)10-14/h1,6-7,9,14H,4-5,8,10H2,2H3. The van der Waals surface area contributed by atoms with Gasteiger partial charge in [0.25, 0.3) is 0 Å². The molecule has 16 heavy (non-hydrogen) atoms. The molecule has 0 atom stereocenters. The lowest BCUT2D eigenvalue weighted by molar-refractivity contribution is 0.260. The maximum atomic E-state index is 9.17. The van der Waals surface area contributed by atoms with E-state index in [-0.39, 0.29) is 6.61 Å². The zero-order valence-corrected chi connectivity index (χ0v) is 9.40. The van der Waals surface area contributed by atoms with Crippen molar-refractivity contribution in [1.82, 2.24) is 0 Å². The molecule has 0 aliphatic heterocycles. The van der Waals surface area contributed by atoms with Gasteiger partial charge in [0.15, 0.2) is 0 Å². The first-order chi connectivity index (χ1) is 7.81. The number of aliphatic hydroxyl groups is 1. The molecule has 1 aromatic rings. The third kappa shape index (κ3) is 3.48. The SMILES string of the molecule is C#CCCCOc1ccc(OC)cc1CO. The second-order valence-corrected chi connectivity index (χ2v) is 3.29. The number of rotatable bonds is 6. The highest BCUT2D eigenvalue weighted by Gasteiger charge is 2.04. The van der Waals surface area contributed by atoms with E-state index in [9.17, 15) is 5.11 Å². The van der Waals surface area contributed by atoms with Crippen molar-refractivity contribution < 1.29 is 14.6 Å². The predicted octanol–water partition coefficient (Wildman–Crippen LogP) is 1.98. The largest absolute Gasteiger partial charge is 0.497 e. The van der Waals surface area contributed by atoms with Crippen LogP contribution in [0.25, 0.3) is 0 Å². The third-order valence-corrected chi connectivity index (χ3v) is 2.16. The van der Waals surface area contributed by atoms with Crippen LogP contribution in [0.15, 0.2) is 18.2 Å². The van der Waals surface area contributed by atoms with Crippen LogP contribution in [0, 0.1) is 12.3 Å². The number of methoxy groups -OCH3 is 1. The molecule has 0 saturated heterocycles. The Morgan fingerprint density at radius 1 is 1.44 bits per heavy atom. The monoisotopic (exact) mass is 220 g/mol. The molecule has 0 aliphatic carbocycles. The van der Waals surface area contributed by atoms with E-state index in [1.807, 2.05) is 0 Å². The van der Waals surface area contributed by atoms with Crippen molar-refractivity contribution in [2.24, 2.45) is 0 Å². The number of ether oxygens (including phenoxy) is 2. The van der Waals surface area contributed by atoms with Crippen LogP contribution >= 0.6 is 0 Å². The predicted molar refractivity (Wildman–Crippen MR) is 62.5 cm³/mol. The summed E-state index contributed by atoms with van der Waals surface area (Å²) in [4.78, 5) is 0. The van der Waals surface area contributed by atoms with E-state index in [1.54, 1.807) is 25.3 Å². The van der Waals surface area contributed by atoms with E-state index in [4.69, 9.17) is 15.9 Å². The summed E-state index contributed by atoms with van der Waals surface area (Å²) in [7, 11) is 1.59. The molecule has 0 heterocycles. The van der Waals surface area contributed by atoms with Crippen molar-refractivity contribution in [2.45, 2.75) is 19.4 Å². The summed E-state index contributed by atoms with van der Waals surface area (Å²) in [5.74, 6) is 3.94. The maximum absolute atomic E-state index is 9.17. The van der Waals surface area contributed by atoms with E-state index >= 15 is 0 Å². The molecule has 86 valence electrons. The van der Waals surface area contributed by atoms with Crippen molar-refractivity contribution in [3.05, 3.63) is 23.8 Å². The Labute approximate surface area is 96.0 Å². The van der Waals surface area contributed by atoms with Crippen LogP contribution in [0.2, 0.25) is 0 Å². The second kappa shape index (κ2) is 6.76. The average molecular weight is 220 g/mol. The molecule has 3 nitrogen and oxygen atoms in total. The lowest BCUT2D eigenvalue weighted by atomic mass is 10.2. The molecule has 0 aromatic heterocycles. The number of terminal acetylenes is 1. The minimum atomic E-state index is -0.0678. The van der Waals surface area contributed by atoms with Crippen molar-refractivity contribution >= 4 is 0 Å². The zero-order chi connectivity index (χ0) is 11.8. The zero-order valence-electron chi connectivity index (χ0n) is 9.40. The van der Waals surface area contributed by atoms with Gasteiger partial charge in [0.2, 0.25) is 0 Å². The summed E-state index contributed by atoms with van der Waals surface area (Å²) in [6.45, 7) is 0.491. The minimum absolute atomic E-state index is 0.0678. The molecule has 0 unspecified atom stereocenters. The quantitative estimate of drug-likeness (QED) is 0.588. The molecular weight excluding hydrogens is 204 g/mol. The summed E-state index contributed by atoms with van der Waals surface area (Å²) in [6, 6.07) is 5.35. The van der Waals surface area contributed by atoms with E-state index in [0.29, 0.717) is 24.5 Å². The Bertz CT molecular complexity index is 366. The maximum Gasteiger partial charge on any atom is 0.125 e. The van der Waals surface area contributed by atoms with Gasteiger partial charge in [-0.1, -0.05) is 0 Å². The molecule has 0 spiro atoms. The first-order valence-electron chi connectivity index (χ1n) is 5.16. The molecule has 0 amide bonds. The molecular formula is C13H16O3. The smallest absolute Gasteiger partial charge is 0.125 e. The fourth-order valence-electron chi connectivity index (χ4n) is 1.30. The van der Waals surface area contributed by atoms with Gasteiger partial charge in [-0.3, -0.25) is 0 Å². The van der Waals surface area contributed by atoms with Crippen LogP contribution in [0.5, 0.6) is 11.5 Å². The molecule has 0 fully saturated rings. The Kier molecular flexibility index (Phi) is 5.24. The third-order valence-electron chi connectivity index (χ3n) is 2.16. The topological polar surface area (TPSA) is 38.7 Å². The second-order valence-electron chi connectivity index (χ2n) is 3.29. The van der Waals surface area contributed by atoms with E-state index in [1.165, 1.54) is 0 Å². The lowest BCUT2D eigenvalue weighted by Crippen LogP contribution is -2.00. The highest BCUT2D eigenvalue weighted by molar-refractivity contribution is 5.39. The molecule has 0 radical (unpaired) electrons. The normalized spacial score (nSPS) is 9.56. The average Bonchev–Trinajstić information content (AvgIpc) is 2.34. The summed E-state index contributed by atoms with van der Waals surface area (Å²) in [5, 5.41) is 9.17. The molecule has 0 saturated carbocycles. The van der Waals surface area contributed by atoms with Crippen molar-refractivity contribution in [2.75, 3.05) is 13.7 Å². The van der Waals surface area contributed by atoms with E-state index < -0.39 is 0 Å². The number of hydrogen-bond donors (Lipinski definition) is 1. The Morgan fingerprint density at radius 2 is 2.25 bits per heavy atom. The van der Waals surface area contributed by atoms with Gasteiger partial charge in [-0.2, -0.15) is 0 Å². The molecule has 1 rings (SSSR count). The van der Waals surface area contributed by atoms with E-state index in [2.05, 4.69) is 5.92 Å². The van der Waals surface area contributed by atoms with Crippen molar-refractivity contribution in [3.63, 3.8) is 0 Å². The Hall–Kier alpha value is -1.66. The summed E-state index contributed by atoms with van der Waals surface area (Å²) in [6.07, 6.45) is 6.65. The van der Waals surface area contributed by atoms with Gasteiger partial charge in [-0.25, -0.2) is 0 Å². The van der Waals surface area contributed by atoms with Gasteiger partial charge in [-0.15, -0.1) is 12.3 Å². The molecule has 3 heteroatoms. The fourth-order valence-corrected chi connectivity index (χ4v) is 1.30. The van der Waals surface area contributed by atoms with Crippen molar-refractivity contribution in [3.8, 4) is 23.8 Å². The molecule has 1 N–H and O–H groups in total. The highest BCUT2D eigenvalue weighted by atomic mass is 16.5. The highest BCUT2D eigenvalue weighted by Crippen LogP contribution is 2.24. The molecule has 0 bridgehead atoms. The fraction of sp³-hybridized carbons (Fsp3) is 0.385. The summed E-state index contributed by atoms with van der Waals surface area (Å²) >= 11 is 0. The van der Waals surface area contributed by atoms with Gasteiger partial charge in [0, 0.05) is 12.0 Å². The van der Waals surface area contributed by atoms with Crippen LogP contribution in [-0.2, 0) is 6.61 Å². The van der Waals surface area contributed by atoms with Crippen LogP contribution in [0.1, 0.15) is 18.4 Å². The van der Waals surface area contributed by atoms with Crippen LogP contribution in [-0.4, -0.2) is 18.8 Å². The van der Waals surface area contributed by atoms with Gasteiger partial charge >= 0.3 is 0 Å². The van der Waals surface area contributed by atoms with Gasteiger partial charge in [-0.05, 0) is 24.6 Å². The Balaban J connectivity index is 2.61. The number of hydrogen-bond acceptors (Lipinski definition) is 3. The van der Waals surface area contributed by atoms with Crippen molar-refractivity contribution in [1.29, 1.82) is 0 Å². The molecule has 1 aromatic carbocycles. The van der Waals surface area contributed by atoms with Gasteiger partial charge in [0.05, 0.1) is 20.3 Å².